The van der Waals surface area contributed by atoms with Crippen molar-refractivity contribution in [3.05, 3.63) is 29.8 Å². The molecule has 0 heterocycles. The van der Waals surface area contributed by atoms with Gasteiger partial charge in [-0.25, -0.2) is 4.79 Å². The number of benzene rings is 1. The number of aliphatic carboxylic acids is 1. The third-order valence-electron chi connectivity index (χ3n) is 3.61. The summed E-state index contributed by atoms with van der Waals surface area (Å²) < 4.78 is 5.14. The lowest BCUT2D eigenvalue weighted by Crippen LogP contribution is -2.53. The molecule has 1 amide bonds. The largest absolute Gasteiger partial charge is 0.497 e. The van der Waals surface area contributed by atoms with Gasteiger partial charge in [0.2, 0.25) is 5.91 Å². The Labute approximate surface area is 125 Å². The van der Waals surface area contributed by atoms with Gasteiger partial charge in [-0.1, -0.05) is 25.5 Å². The fourth-order valence-corrected chi connectivity index (χ4v) is 2.17. The minimum atomic E-state index is -1.24. The SMILES string of the molecule is CCCC(C)(NC(=O)C(C)c1cccc(OC)c1)C(=O)O. The van der Waals surface area contributed by atoms with Crippen molar-refractivity contribution in [2.45, 2.75) is 45.1 Å². The highest BCUT2D eigenvalue weighted by Crippen LogP contribution is 2.22. The van der Waals surface area contributed by atoms with Crippen LogP contribution in [0, 0.1) is 0 Å². The van der Waals surface area contributed by atoms with Gasteiger partial charge in [-0.3, -0.25) is 4.79 Å². The number of carboxylic acids is 1. The van der Waals surface area contributed by atoms with Gasteiger partial charge >= 0.3 is 5.97 Å². The molecule has 0 saturated carbocycles. The first kappa shape index (κ1) is 17.0. The third-order valence-corrected chi connectivity index (χ3v) is 3.61. The molecule has 5 nitrogen and oxygen atoms in total. The Morgan fingerprint density at radius 1 is 1.43 bits per heavy atom. The van der Waals surface area contributed by atoms with Gasteiger partial charge < -0.3 is 15.2 Å². The first-order valence-corrected chi connectivity index (χ1v) is 7.03. The minimum Gasteiger partial charge on any atom is -0.497 e. The number of hydrogen-bond acceptors (Lipinski definition) is 3. The molecule has 2 atom stereocenters. The van der Waals surface area contributed by atoms with Gasteiger partial charge in [0, 0.05) is 0 Å². The average molecular weight is 293 g/mol. The summed E-state index contributed by atoms with van der Waals surface area (Å²) in [4.78, 5) is 23.7. The summed E-state index contributed by atoms with van der Waals surface area (Å²) in [6.07, 6.45) is 1.07. The van der Waals surface area contributed by atoms with E-state index in [1.165, 1.54) is 6.92 Å². The predicted octanol–water partition coefficient (Wildman–Crippen LogP) is 2.56. The predicted molar refractivity (Wildman–Crippen MR) is 80.5 cm³/mol. The van der Waals surface area contributed by atoms with Crippen LogP contribution < -0.4 is 10.1 Å². The Morgan fingerprint density at radius 3 is 2.62 bits per heavy atom. The molecule has 0 bridgehead atoms. The number of amides is 1. The number of carbonyl (C=O) groups excluding carboxylic acids is 1. The lowest BCUT2D eigenvalue weighted by molar-refractivity contribution is -0.147. The van der Waals surface area contributed by atoms with E-state index in [0.717, 1.165) is 5.56 Å². The molecule has 21 heavy (non-hydrogen) atoms. The fraction of sp³-hybridized carbons (Fsp3) is 0.500. The first-order chi connectivity index (χ1) is 9.84. The second-order valence-corrected chi connectivity index (χ2v) is 5.37. The molecule has 0 aliphatic heterocycles. The van der Waals surface area contributed by atoms with Crippen LogP contribution in [0.3, 0.4) is 0 Å². The Kier molecular flexibility index (Phi) is 5.76. The molecule has 0 spiro atoms. The summed E-state index contributed by atoms with van der Waals surface area (Å²) in [6, 6.07) is 7.21. The molecule has 116 valence electrons. The van der Waals surface area contributed by atoms with E-state index in [1.807, 2.05) is 13.0 Å². The van der Waals surface area contributed by atoms with Crippen LogP contribution >= 0.6 is 0 Å². The van der Waals surface area contributed by atoms with Crippen LogP contribution in [0.15, 0.2) is 24.3 Å². The van der Waals surface area contributed by atoms with Crippen LogP contribution in [-0.2, 0) is 9.59 Å². The molecule has 1 aromatic rings. The van der Waals surface area contributed by atoms with Gasteiger partial charge in [0.05, 0.1) is 13.0 Å². The maximum atomic E-state index is 12.3. The molecule has 0 aliphatic carbocycles. The van der Waals surface area contributed by atoms with Crippen molar-refractivity contribution >= 4 is 11.9 Å². The van der Waals surface area contributed by atoms with Crippen molar-refractivity contribution in [3.8, 4) is 5.75 Å². The summed E-state index contributed by atoms with van der Waals surface area (Å²) in [7, 11) is 1.56. The molecule has 2 N–H and O–H groups in total. The topological polar surface area (TPSA) is 75.6 Å². The Balaban J connectivity index is 2.89. The van der Waals surface area contributed by atoms with Crippen molar-refractivity contribution in [1.29, 1.82) is 0 Å². The monoisotopic (exact) mass is 293 g/mol. The van der Waals surface area contributed by atoms with Gasteiger partial charge in [0.1, 0.15) is 11.3 Å². The summed E-state index contributed by atoms with van der Waals surface area (Å²) >= 11 is 0. The lowest BCUT2D eigenvalue weighted by atomic mass is 9.93. The first-order valence-electron chi connectivity index (χ1n) is 7.03. The zero-order valence-electron chi connectivity index (χ0n) is 13.0. The van der Waals surface area contributed by atoms with Gasteiger partial charge in [-0.2, -0.15) is 0 Å². The summed E-state index contributed by atoms with van der Waals surface area (Å²) in [5, 5.41) is 12.0. The van der Waals surface area contributed by atoms with Crippen LogP contribution in [0.25, 0.3) is 0 Å². The molecule has 0 aliphatic rings. The molecule has 0 radical (unpaired) electrons. The zero-order chi connectivity index (χ0) is 16.0. The average Bonchev–Trinajstić information content (AvgIpc) is 2.46. The normalized spacial score (nSPS) is 14.9. The smallest absolute Gasteiger partial charge is 0.329 e. The summed E-state index contributed by atoms with van der Waals surface area (Å²) in [5.74, 6) is -1.10. The van der Waals surface area contributed by atoms with Crippen molar-refractivity contribution in [3.63, 3.8) is 0 Å². The Bertz CT molecular complexity index is 515. The molecule has 1 aromatic carbocycles. The minimum absolute atomic E-state index is 0.304. The van der Waals surface area contributed by atoms with Gasteiger partial charge in [0.15, 0.2) is 0 Å². The molecule has 0 fully saturated rings. The van der Waals surface area contributed by atoms with E-state index in [4.69, 9.17) is 4.74 Å². The van der Waals surface area contributed by atoms with Crippen LogP contribution in [0.2, 0.25) is 0 Å². The lowest BCUT2D eigenvalue weighted by Gasteiger charge is -2.27. The van der Waals surface area contributed by atoms with Crippen LogP contribution in [0.4, 0.5) is 0 Å². The van der Waals surface area contributed by atoms with Crippen molar-refractivity contribution in [1.82, 2.24) is 5.32 Å². The number of methoxy groups -OCH3 is 1. The van der Waals surface area contributed by atoms with Crippen LogP contribution in [0.5, 0.6) is 5.75 Å². The quantitative estimate of drug-likeness (QED) is 0.810. The molecule has 2 unspecified atom stereocenters. The van der Waals surface area contributed by atoms with Crippen LogP contribution in [-0.4, -0.2) is 29.6 Å². The highest BCUT2D eigenvalue weighted by molar-refractivity contribution is 5.90. The van der Waals surface area contributed by atoms with E-state index >= 15 is 0 Å². The third kappa shape index (κ3) is 4.21. The second kappa shape index (κ2) is 7.11. The number of ether oxygens (including phenoxy) is 1. The van der Waals surface area contributed by atoms with E-state index in [-0.39, 0.29) is 5.91 Å². The number of carboxylic acid groups (broad SMARTS) is 1. The highest BCUT2D eigenvalue weighted by Gasteiger charge is 2.35. The van der Waals surface area contributed by atoms with E-state index in [1.54, 1.807) is 32.2 Å². The van der Waals surface area contributed by atoms with E-state index in [9.17, 15) is 14.7 Å². The fourth-order valence-electron chi connectivity index (χ4n) is 2.17. The van der Waals surface area contributed by atoms with E-state index in [2.05, 4.69) is 5.32 Å². The zero-order valence-corrected chi connectivity index (χ0v) is 13.0. The van der Waals surface area contributed by atoms with Gasteiger partial charge in [0.25, 0.3) is 0 Å². The molecular formula is C16H23NO4. The number of hydrogen-bond donors (Lipinski definition) is 2. The second-order valence-electron chi connectivity index (χ2n) is 5.37. The maximum Gasteiger partial charge on any atom is 0.329 e. The van der Waals surface area contributed by atoms with Crippen molar-refractivity contribution in [2.24, 2.45) is 0 Å². The maximum absolute atomic E-state index is 12.3. The Hall–Kier alpha value is -2.04. The van der Waals surface area contributed by atoms with Crippen molar-refractivity contribution < 1.29 is 19.4 Å². The van der Waals surface area contributed by atoms with E-state index in [0.29, 0.717) is 18.6 Å². The van der Waals surface area contributed by atoms with E-state index < -0.39 is 17.4 Å². The number of carbonyl (C=O) groups is 2. The number of nitrogens with one attached hydrogen (secondary N) is 1. The Morgan fingerprint density at radius 2 is 2.10 bits per heavy atom. The number of rotatable bonds is 7. The summed E-state index contributed by atoms with van der Waals surface area (Å²) in [6.45, 7) is 5.17. The molecule has 5 heteroatoms. The van der Waals surface area contributed by atoms with Crippen molar-refractivity contribution in [2.75, 3.05) is 7.11 Å². The molecule has 0 saturated heterocycles. The van der Waals surface area contributed by atoms with Crippen LogP contribution in [0.1, 0.15) is 45.1 Å². The molecule has 1 rings (SSSR count). The molecule has 0 aromatic heterocycles. The molecular weight excluding hydrogens is 270 g/mol. The van der Waals surface area contributed by atoms with Gasteiger partial charge in [-0.05, 0) is 38.0 Å². The standard InChI is InChI=1S/C16H23NO4/c1-5-9-16(3,15(19)20)17-14(18)11(2)12-7-6-8-13(10-12)21-4/h6-8,10-11H,5,9H2,1-4H3,(H,17,18)(H,19,20). The summed E-state index contributed by atoms with van der Waals surface area (Å²) in [5.41, 5.74) is -0.449. The van der Waals surface area contributed by atoms with Gasteiger partial charge in [-0.15, -0.1) is 0 Å². The highest BCUT2D eigenvalue weighted by atomic mass is 16.5.